The predicted octanol–water partition coefficient (Wildman–Crippen LogP) is 2.70. The molecule has 1 aromatic heterocycles. The van der Waals surface area contributed by atoms with Crippen LogP contribution in [0.4, 0.5) is 0 Å². The minimum atomic E-state index is -3.66. The molecule has 0 radical (unpaired) electrons. The van der Waals surface area contributed by atoms with Crippen molar-refractivity contribution in [3.63, 3.8) is 0 Å². The van der Waals surface area contributed by atoms with E-state index in [-0.39, 0.29) is 17.7 Å². The van der Waals surface area contributed by atoms with E-state index in [9.17, 15) is 13.2 Å². The third-order valence-corrected chi connectivity index (χ3v) is 5.69. The molecule has 0 fully saturated rings. The molecule has 1 amide bonds. The molecule has 2 rings (SSSR count). The molecule has 1 aromatic carbocycles. The van der Waals surface area contributed by atoms with Crippen molar-refractivity contribution in [2.24, 2.45) is 5.92 Å². The fourth-order valence-electron chi connectivity index (χ4n) is 2.35. The highest BCUT2D eigenvalue weighted by molar-refractivity contribution is 7.91. The molecule has 0 unspecified atom stereocenters. The van der Waals surface area contributed by atoms with Crippen LogP contribution in [0.3, 0.4) is 0 Å². The van der Waals surface area contributed by atoms with Crippen molar-refractivity contribution in [1.82, 2.24) is 15.5 Å². The van der Waals surface area contributed by atoms with Crippen LogP contribution >= 0.6 is 0 Å². The Hall–Kier alpha value is -2.22. The number of carbonyl (C=O) groups excluding carboxylic acids is 1. The number of nitrogens with one attached hydrogen (secondary N) is 1. The van der Waals surface area contributed by atoms with Gasteiger partial charge in [0.1, 0.15) is 6.04 Å². The van der Waals surface area contributed by atoms with Crippen molar-refractivity contribution in [1.29, 1.82) is 0 Å². The summed E-state index contributed by atoms with van der Waals surface area (Å²) in [5, 5.41) is 9.36. The molecule has 1 atom stereocenters. The Labute approximate surface area is 154 Å². The molecule has 0 aliphatic carbocycles. The quantitative estimate of drug-likeness (QED) is 0.756. The second kappa shape index (κ2) is 8.44. The third-order valence-electron chi connectivity index (χ3n) is 3.80. The summed E-state index contributed by atoms with van der Waals surface area (Å²) in [5.74, 6) is 0.143. The molecule has 26 heavy (non-hydrogen) atoms. The summed E-state index contributed by atoms with van der Waals surface area (Å²) in [6.45, 7) is 6.99. The zero-order valence-corrected chi connectivity index (χ0v) is 16.3. The van der Waals surface area contributed by atoms with Gasteiger partial charge in [-0.3, -0.25) is 4.79 Å². The SMILES string of the molecule is CC(C)CC(=O)N[C@@H](Cc1ccccc1)c1nnc(S(=O)(=O)C(C)C)o1. The Morgan fingerprint density at radius 3 is 2.35 bits per heavy atom. The van der Waals surface area contributed by atoms with Gasteiger partial charge in [-0.15, -0.1) is 5.10 Å². The first-order chi connectivity index (χ1) is 12.2. The van der Waals surface area contributed by atoms with E-state index < -0.39 is 26.4 Å². The molecular formula is C18H25N3O4S. The average molecular weight is 379 g/mol. The van der Waals surface area contributed by atoms with Crippen LogP contribution in [0, 0.1) is 5.92 Å². The van der Waals surface area contributed by atoms with Gasteiger partial charge in [-0.1, -0.05) is 49.3 Å². The Morgan fingerprint density at radius 2 is 1.77 bits per heavy atom. The number of amides is 1. The first-order valence-electron chi connectivity index (χ1n) is 8.60. The molecule has 0 spiro atoms. The summed E-state index contributed by atoms with van der Waals surface area (Å²) >= 11 is 0. The third kappa shape index (κ3) is 5.14. The minimum absolute atomic E-state index is 0.0881. The predicted molar refractivity (Wildman–Crippen MR) is 97.1 cm³/mol. The van der Waals surface area contributed by atoms with Gasteiger partial charge in [0.15, 0.2) is 0 Å². The maximum absolute atomic E-state index is 12.2. The Balaban J connectivity index is 2.28. The largest absolute Gasteiger partial charge is 0.410 e. The highest BCUT2D eigenvalue weighted by Gasteiger charge is 2.29. The molecule has 1 N–H and O–H groups in total. The van der Waals surface area contributed by atoms with E-state index in [1.54, 1.807) is 13.8 Å². The number of sulfone groups is 1. The molecule has 0 saturated carbocycles. The summed E-state index contributed by atoms with van der Waals surface area (Å²) in [4.78, 5) is 12.2. The van der Waals surface area contributed by atoms with Gasteiger partial charge in [0.2, 0.25) is 21.6 Å². The molecule has 142 valence electrons. The number of rotatable bonds is 8. The average Bonchev–Trinajstić information content (AvgIpc) is 3.05. The van der Waals surface area contributed by atoms with Crippen molar-refractivity contribution >= 4 is 15.7 Å². The molecule has 1 heterocycles. The Kier molecular flexibility index (Phi) is 6.52. The lowest BCUT2D eigenvalue weighted by atomic mass is 10.0. The Bertz CT molecular complexity index is 829. The van der Waals surface area contributed by atoms with Gasteiger partial charge < -0.3 is 9.73 Å². The fraction of sp³-hybridized carbons (Fsp3) is 0.500. The van der Waals surface area contributed by atoms with E-state index in [0.29, 0.717) is 12.8 Å². The summed E-state index contributed by atoms with van der Waals surface area (Å²) in [6, 6.07) is 8.94. The summed E-state index contributed by atoms with van der Waals surface area (Å²) in [6.07, 6.45) is 0.782. The minimum Gasteiger partial charge on any atom is -0.410 e. The number of hydrogen-bond acceptors (Lipinski definition) is 6. The standard InChI is InChI=1S/C18H25N3O4S/c1-12(2)10-16(22)19-15(11-14-8-6-5-7-9-14)17-20-21-18(25-17)26(23,24)13(3)4/h5-9,12-13,15H,10-11H2,1-4H3,(H,19,22)/t15-/m0/s1. The summed E-state index contributed by atoms with van der Waals surface area (Å²) in [7, 11) is -3.66. The molecule has 2 aromatic rings. The summed E-state index contributed by atoms with van der Waals surface area (Å²) < 4.78 is 29.8. The highest BCUT2D eigenvalue weighted by atomic mass is 32.2. The van der Waals surface area contributed by atoms with E-state index in [1.165, 1.54) is 0 Å². The maximum Gasteiger partial charge on any atom is 0.335 e. The molecule has 0 aliphatic heterocycles. The molecule has 0 aliphatic rings. The van der Waals surface area contributed by atoms with Crippen LogP contribution in [-0.4, -0.2) is 29.8 Å². The highest BCUT2D eigenvalue weighted by Crippen LogP contribution is 2.21. The second-order valence-electron chi connectivity index (χ2n) is 6.91. The van der Waals surface area contributed by atoms with Gasteiger partial charge in [0.25, 0.3) is 0 Å². The van der Waals surface area contributed by atoms with Crippen molar-refractivity contribution in [3.8, 4) is 0 Å². The molecule has 0 saturated heterocycles. The number of carbonyl (C=O) groups is 1. The van der Waals surface area contributed by atoms with Gasteiger partial charge in [0.05, 0.1) is 5.25 Å². The normalized spacial score (nSPS) is 13.2. The van der Waals surface area contributed by atoms with E-state index in [0.717, 1.165) is 5.56 Å². The van der Waals surface area contributed by atoms with Crippen LogP contribution in [0.15, 0.2) is 40.0 Å². The fourth-order valence-corrected chi connectivity index (χ4v) is 3.11. The lowest BCUT2D eigenvalue weighted by Crippen LogP contribution is -2.31. The van der Waals surface area contributed by atoms with E-state index in [1.807, 2.05) is 44.2 Å². The number of benzene rings is 1. The van der Waals surface area contributed by atoms with Gasteiger partial charge >= 0.3 is 5.22 Å². The molecule has 7 nitrogen and oxygen atoms in total. The van der Waals surface area contributed by atoms with Gasteiger partial charge in [0, 0.05) is 12.8 Å². The topological polar surface area (TPSA) is 102 Å². The number of hydrogen-bond donors (Lipinski definition) is 1. The smallest absolute Gasteiger partial charge is 0.335 e. The van der Waals surface area contributed by atoms with E-state index >= 15 is 0 Å². The van der Waals surface area contributed by atoms with Gasteiger partial charge in [-0.05, 0) is 25.3 Å². The maximum atomic E-state index is 12.2. The second-order valence-corrected chi connectivity index (χ2v) is 9.29. The lowest BCUT2D eigenvalue weighted by molar-refractivity contribution is -0.122. The lowest BCUT2D eigenvalue weighted by Gasteiger charge is -2.16. The monoisotopic (exact) mass is 379 g/mol. The van der Waals surface area contributed by atoms with Crippen molar-refractivity contribution in [2.45, 2.75) is 57.1 Å². The summed E-state index contributed by atoms with van der Waals surface area (Å²) in [5.41, 5.74) is 0.966. The Morgan fingerprint density at radius 1 is 1.12 bits per heavy atom. The molecule has 0 bridgehead atoms. The van der Waals surface area contributed by atoms with Crippen LogP contribution in [-0.2, 0) is 21.1 Å². The van der Waals surface area contributed by atoms with Crippen LogP contribution < -0.4 is 5.32 Å². The number of nitrogens with zero attached hydrogens (tertiary/aromatic N) is 2. The van der Waals surface area contributed by atoms with Crippen molar-refractivity contribution in [3.05, 3.63) is 41.8 Å². The van der Waals surface area contributed by atoms with Crippen LogP contribution in [0.25, 0.3) is 0 Å². The zero-order valence-electron chi connectivity index (χ0n) is 15.5. The van der Waals surface area contributed by atoms with Crippen molar-refractivity contribution < 1.29 is 17.6 Å². The van der Waals surface area contributed by atoms with Crippen LogP contribution in [0.2, 0.25) is 0 Å². The number of aromatic nitrogens is 2. The van der Waals surface area contributed by atoms with Gasteiger partial charge in [-0.25, -0.2) is 8.42 Å². The van der Waals surface area contributed by atoms with E-state index in [2.05, 4.69) is 15.5 Å². The zero-order chi connectivity index (χ0) is 19.3. The van der Waals surface area contributed by atoms with Crippen molar-refractivity contribution in [2.75, 3.05) is 0 Å². The molecule has 8 heteroatoms. The van der Waals surface area contributed by atoms with Gasteiger partial charge in [-0.2, -0.15) is 0 Å². The van der Waals surface area contributed by atoms with Crippen LogP contribution in [0.1, 0.15) is 51.6 Å². The molecular weight excluding hydrogens is 354 g/mol. The first kappa shape index (κ1) is 20.1. The van der Waals surface area contributed by atoms with E-state index in [4.69, 9.17) is 4.42 Å². The van der Waals surface area contributed by atoms with Crippen LogP contribution in [0.5, 0.6) is 0 Å². The first-order valence-corrected chi connectivity index (χ1v) is 10.2.